The average molecular weight is 1300 g/mol. The Hall–Kier alpha value is -3.34. The molecular weight excluding hydrogens is 1160 g/mol. The number of ether oxygens (including phenoxy) is 10. The lowest BCUT2D eigenvalue weighted by Gasteiger charge is -2.60. The van der Waals surface area contributed by atoms with Crippen molar-refractivity contribution in [2.24, 2.45) is 69.0 Å². The highest BCUT2D eigenvalue weighted by Crippen LogP contribution is 2.61. The van der Waals surface area contributed by atoms with E-state index in [-0.39, 0.29) is 136 Å². The third-order valence-electron chi connectivity index (χ3n) is 22.2. The van der Waals surface area contributed by atoms with E-state index in [0.717, 1.165) is 95.3 Å². The van der Waals surface area contributed by atoms with Gasteiger partial charge in [0.2, 0.25) is 6.29 Å². The number of fused-ring (bicyclic) bond motifs is 2. The number of hydrogen-bond donors (Lipinski definition) is 0. The Bertz CT molecular complexity index is 2210. The van der Waals surface area contributed by atoms with Gasteiger partial charge in [-0.1, -0.05) is 114 Å². The lowest BCUT2D eigenvalue weighted by molar-refractivity contribution is -0.282. The Labute approximate surface area is 557 Å². The molecule has 9 atom stereocenters. The number of esters is 6. The molecule has 12 rings (SSSR count). The zero-order valence-electron chi connectivity index (χ0n) is 54.1. The molecule has 0 aromatic carbocycles. The van der Waals surface area contributed by atoms with Crippen LogP contribution in [0.15, 0.2) is 0 Å². The van der Waals surface area contributed by atoms with E-state index in [4.69, 9.17) is 47.4 Å². The smallest absolute Gasteiger partial charge is 0.344 e. The van der Waals surface area contributed by atoms with E-state index in [1.807, 2.05) is 62.3 Å². The van der Waals surface area contributed by atoms with Gasteiger partial charge in [0.05, 0.1) is 27.6 Å². The minimum Gasteiger partial charge on any atom is -0.458 e. The summed E-state index contributed by atoms with van der Waals surface area (Å²) in [5, 5.41) is 0. The highest BCUT2D eigenvalue weighted by Gasteiger charge is 2.62. The zero-order chi connectivity index (χ0) is 61.1. The third-order valence-corrected chi connectivity index (χ3v) is 22.2. The molecule has 16 heteroatoms. The molecule has 0 amide bonds. The SMILES string of the molecule is C.C.C.C.C.C.C.C.CCC(C)(C)C(=O)OC1(C(C)C)CCCC1.CCC(C)(C)C(=O)OC1(CC)C2CC3CC(C2)CC1C3.CCC(C)(C)C(=O)OC1OC(OC)C2OC3(CCCCC3)OC12.CCC(C)(C)C(=O)OCC(=O)OC1C2CC3CC(C2)C(=O)OC1C3. The molecule has 16 nitrogen and oxygen atoms in total. The normalized spacial score (nSPS) is 31.2. The largest absolute Gasteiger partial charge is 0.458 e. The van der Waals surface area contributed by atoms with Crippen LogP contribution in [-0.4, -0.2) is 104 Å². The van der Waals surface area contributed by atoms with Crippen molar-refractivity contribution in [1.29, 1.82) is 0 Å². The number of methoxy groups -OCH3 is 1. The van der Waals surface area contributed by atoms with Crippen LogP contribution in [0.5, 0.6) is 0 Å². The van der Waals surface area contributed by atoms with E-state index >= 15 is 0 Å². The first-order valence-electron chi connectivity index (χ1n) is 32.7. The maximum Gasteiger partial charge on any atom is 0.344 e. The van der Waals surface area contributed by atoms with Gasteiger partial charge < -0.3 is 47.4 Å². The van der Waals surface area contributed by atoms with Crippen molar-refractivity contribution in [3.8, 4) is 0 Å². The summed E-state index contributed by atoms with van der Waals surface area (Å²) >= 11 is 0. The Morgan fingerprint density at radius 3 is 1.45 bits per heavy atom. The third kappa shape index (κ3) is 20.1. The standard InChI is InChI=1S/C18H26O6.C18H30O2.C17H28O6.C14H26O2.8CH4/c1-4-18(2,3)17(21)22-9-14(19)24-15-11-5-10-6-12(8-11)16(20)23-13(15)7-10;1-5-17(3,4)16(19)20-18(6-2)14-8-12-7-13(10-14)11-15(18)9-12;1-5-16(2,3)15(18)21-14-12-11(13(19-4)20-14)22-17(23-12)9-7-6-8-10-17;1-6-13(4,5)12(15)16-14(11(2)3)9-7-8-10-14;;;;;;;;/h10-13,15H,4-9H2,1-3H3;12-15H,5-11H2,1-4H3;11-14H,5-10H2,1-4H3;11H,6-10H2,1-5H3;8*1H4. The quantitative estimate of drug-likeness (QED) is 0.0984. The summed E-state index contributed by atoms with van der Waals surface area (Å²) in [6, 6.07) is 0. The molecule has 8 saturated carbocycles. The Morgan fingerprint density at radius 1 is 0.527 bits per heavy atom. The molecule has 4 saturated heterocycles. The van der Waals surface area contributed by atoms with Crippen molar-refractivity contribution >= 4 is 35.8 Å². The summed E-state index contributed by atoms with van der Waals surface area (Å²) in [7, 11) is 1.57. The van der Waals surface area contributed by atoms with E-state index in [9.17, 15) is 28.8 Å². The van der Waals surface area contributed by atoms with Crippen LogP contribution in [0.1, 0.15) is 311 Å². The highest BCUT2D eigenvalue weighted by atomic mass is 16.8. The highest BCUT2D eigenvalue weighted by molar-refractivity contribution is 5.80. The van der Waals surface area contributed by atoms with Crippen molar-refractivity contribution in [1.82, 2.24) is 0 Å². The van der Waals surface area contributed by atoms with Crippen LogP contribution in [0.4, 0.5) is 0 Å². The first kappa shape index (κ1) is 89.7. The monoisotopic (exact) mass is 1300 g/mol. The van der Waals surface area contributed by atoms with Crippen LogP contribution in [-0.2, 0) is 76.1 Å². The molecule has 12 fully saturated rings. The van der Waals surface area contributed by atoms with Gasteiger partial charge in [0.1, 0.15) is 29.5 Å². The Balaban J connectivity index is 0. The maximum absolute atomic E-state index is 12.6. The van der Waals surface area contributed by atoms with E-state index in [0.29, 0.717) is 36.5 Å². The summed E-state index contributed by atoms with van der Waals surface area (Å²) in [6.45, 7) is 29.4. The lowest BCUT2D eigenvalue weighted by Crippen LogP contribution is -2.60. The van der Waals surface area contributed by atoms with E-state index < -0.39 is 53.3 Å². The molecule has 0 aromatic heterocycles. The van der Waals surface area contributed by atoms with Gasteiger partial charge in [-0.05, 0) is 219 Å². The molecule has 538 valence electrons. The fourth-order valence-corrected chi connectivity index (χ4v) is 15.0. The molecule has 12 aliphatic rings. The first-order chi connectivity index (χ1) is 39.0. The van der Waals surface area contributed by atoms with Crippen LogP contribution >= 0.6 is 0 Å². The number of carbonyl (C=O) groups is 6. The fourth-order valence-electron chi connectivity index (χ4n) is 15.0. The second-order valence-electron chi connectivity index (χ2n) is 29.7. The number of hydrogen-bond acceptors (Lipinski definition) is 16. The molecule has 9 unspecified atom stereocenters. The Kier molecular flexibility index (Phi) is 35.6. The summed E-state index contributed by atoms with van der Waals surface area (Å²) < 4.78 is 57.4. The molecule has 4 aliphatic heterocycles. The van der Waals surface area contributed by atoms with Crippen molar-refractivity contribution in [3.63, 3.8) is 0 Å². The van der Waals surface area contributed by atoms with Crippen LogP contribution in [0, 0.1) is 69.0 Å². The number of rotatable bonds is 17. The molecule has 8 aliphatic carbocycles. The van der Waals surface area contributed by atoms with Crippen molar-refractivity contribution in [3.05, 3.63) is 0 Å². The molecule has 0 radical (unpaired) electrons. The van der Waals surface area contributed by atoms with Gasteiger partial charge >= 0.3 is 35.8 Å². The van der Waals surface area contributed by atoms with Crippen LogP contribution in [0.2, 0.25) is 0 Å². The van der Waals surface area contributed by atoms with Gasteiger partial charge in [0.15, 0.2) is 24.8 Å². The van der Waals surface area contributed by atoms with Gasteiger partial charge in [-0.3, -0.25) is 24.0 Å². The van der Waals surface area contributed by atoms with Gasteiger partial charge in [0, 0.05) is 25.9 Å². The summed E-state index contributed by atoms with van der Waals surface area (Å²) in [5.41, 5.74) is -2.15. The van der Waals surface area contributed by atoms with Gasteiger partial charge in [-0.2, -0.15) is 0 Å². The number of carbonyl (C=O) groups excluding carboxylic acids is 6. The second kappa shape index (κ2) is 36.1. The van der Waals surface area contributed by atoms with Crippen LogP contribution in [0.3, 0.4) is 0 Å². The molecular formula is C75H142O16. The summed E-state index contributed by atoms with van der Waals surface area (Å²) in [6.07, 6.45) is 20.8. The van der Waals surface area contributed by atoms with Gasteiger partial charge in [-0.25, -0.2) is 4.79 Å². The van der Waals surface area contributed by atoms with Crippen molar-refractivity contribution in [2.45, 2.75) is 365 Å². The fraction of sp³-hybridized carbons (Fsp3) is 0.920. The van der Waals surface area contributed by atoms with E-state index in [1.54, 1.807) is 21.0 Å². The van der Waals surface area contributed by atoms with Crippen LogP contribution < -0.4 is 0 Å². The summed E-state index contributed by atoms with van der Waals surface area (Å²) in [5.74, 6) is 2.21. The maximum atomic E-state index is 12.6. The lowest BCUT2D eigenvalue weighted by atomic mass is 9.49. The first-order valence-corrected chi connectivity index (χ1v) is 32.7. The summed E-state index contributed by atoms with van der Waals surface area (Å²) in [4.78, 5) is 73.2. The molecule has 91 heavy (non-hydrogen) atoms. The minimum absolute atomic E-state index is 0. The van der Waals surface area contributed by atoms with Gasteiger partial charge in [0.25, 0.3) is 0 Å². The van der Waals surface area contributed by atoms with Crippen molar-refractivity contribution in [2.75, 3.05) is 13.7 Å². The molecule has 0 aromatic rings. The topological polar surface area (TPSA) is 195 Å². The minimum atomic E-state index is -0.774. The predicted molar refractivity (Wildman–Crippen MR) is 365 cm³/mol. The van der Waals surface area contributed by atoms with Gasteiger partial charge in [-0.15, -0.1) is 0 Å². The predicted octanol–water partition coefficient (Wildman–Crippen LogP) is 18.6. The second-order valence-corrected chi connectivity index (χ2v) is 29.7. The van der Waals surface area contributed by atoms with E-state index in [1.165, 1.54) is 51.4 Å². The zero-order valence-corrected chi connectivity index (χ0v) is 54.1. The van der Waals surface area contributed by atoms with E-state index in [2.05, 4.69) is 27.7 Å². The molecule has 8 bridgehead atoms. The molecule has 1 spiro atoms. The molecule has 4 heterocycles. The van der Waals surface area contributed by atoms with Crippen LogP contribution in [0.25, 0.3) is 0 Å². The van der Waals surface area contributed by atoms with Crippen molar-refractivity contribution < 1.29 is 76.1 Å². The Morgan fingerprint density at radius 2 is 0.978 bits per heavy atom. The average Bonchev–Trinajstić information content (AvgIpc) is 1.20. The molecule has 0 N–H and O–H groups in total.